The highest BCUT2D eigenvalue weighted by atomic mass is 35.5. The largest absolute Gasteiger partial charge is 0.466 e. The number of hydrogen-bond acceptors (Lipinski definition) is 3. The summed E-state index contributed by atoms with van der Waals surface area (Å²) >= 11 is 6.07. The maximum absolute atomic E-state index is 12.5. The smallest absolute Gasteiger partial charge is 0.194 e. The summed E-state index contributed by atoms with van der Waals surface area (Å²) in [4.78, 5) is 17.0. The quantitative estimate of drug-likeness (QED) is 0.781. The van der Waals surface area contributed by atoms with E-state index in [1.165, 1.54) is 0 Å². The normalized spacial score (nSPS) is 15.5. The third kappa shape index (κ3) is 3.04. The molecule has 0 aromatic heterocycles. The third-order valence-corrected chi connectivity index (χ3v) is 3.68. The summed E-state index contributed by atoms with van der Waals surface area (Å²) in [7, 11) is 0. The summed E-state index contributed by atoms with van der Waals surface area (Å²) < 4.78 is 5.83. The van der Waals surface area contributed by atoms with Gasteiger partial charge in [0.25, 0.3) is 0 Å². The number of ether oxygens (including phenoxy) is 1. The number of hydrogen-bond donors (Lipinski definition) is 0. The predicted octanol–water partition coefficient (Wildman–Crippen LogP) is 4.53. The van der Waals surface area contributed by atoms with Crippen LogP contribution >= 0.6 is 11.6 Å². The highest BCUT2D eigenvalue weighted by molar-refractivity contribution is 6.31. The fourth-order valence-electron chi connectivity index (χ4n) is 2.51. The van der Waals surface area contributed by atoms with Gasteiger partial charge < -0.3 is 4.74 Å². The van der Waals surface area contributed by atoms with Crippen LogP contribution < -0.4 is 4.74 Å². The summed E-state index contributed by atoms with van der Waals surface area (Å²) in [6.07, 6.45) is 0.226. The molecule has 112 valence electrons. The molecule has 0 bridgehead atoms. The van der Waals surface area contributed by atoms with Crippen LogP contribution in [-0.2, 0) is 0 Å². The van der Waals surface area contributed by atoms with Gasteiger partial charge in [-0.05, 0) is 32.0 Å². The van der Waals surface area contributed by atoms with Gasteiger partial charge in [0.2, 0.25) is 0 Å². The van der Waals surface area contributed by atoms with Crippen molar-refractivity contribution in [2.45, 2.75) is 26.0 Å². The lowest BCUT2D eigenvalue weighted by Crippen LogP contribution is -2.32. The topological polar surface area (TPSA) is 38.7 Å². The first-order valence-corrected chi connectivity index (χ1v) is 7.48. The molecule has 3 nitrogen and oxygen atoms in total. The van der Waals surface area contributed by atoms with Crippen molar-refractivity contribution in [1.29, 1.82) is 0 Å². The van der Waals surface area contributed by atoms with Crippen LogP contribution in [0.25, 0.3) is 0 Å². The number of benzene rings is 2. The van der Waals surface area contributed by atoms with Crippen LogP contribution in [0.2, 0.25) is 5.02 Å². The first kappa shape index (κ1) is 14.8. The zero-order valence-corrected chi connectivity index (χ0v) is 13.2. The second-order valence-electron chi connectivity index (χ2n) is 5.71. The number of nitrogens with zero attached hydrogens (tertiary/aromatic N) is 1. The van der Waals surface area contributed by atoms with Crippen molar-refractivity contribution in [2.24, 2.45) is 4.99 Å². The minimum Gasteiger partial charge on any atom is -0.466 e. The molecule has 0 amide bonds. The molecule has 0 unspecified atom stereocenters. The Balaban J connectivity index is 1.96. The van der Waals surface area contributed by atoms with E-state index in [1.807, 2.05) is 50.2 Å². The molecule has 1 heterocycles. The van der Waals surface area contributed by atoms with Gasteiger partial charge in [-0.25, -0.2) is 4.99 Å². The molecular formula is C18H16ClNO2. The second kappa shape index (κ2) is 5.58. The monoisotopic (exact) mass is 313 g/mol. The SMILES string of the molecule is CC1(C)N=C(CC(=O)c2ccccc2)c2cc(Cl)ccc2O1. The molecule has 1 aliphatic heterocycles. The lowest BCUT2D eigenvalue weighted by Gasteiger charge is -2.30. The lowest BCUT2D eigenvalue weighted by molar-refractivity contribution is 0.0994. The highest BCUT2D eigenvalue weighted by Crippen LogP contribution is 2.33. The van der Waals surface area contributed by atoms with Crippen molar-refractivity contribution in [3.8, 4) is 5.75 Å². The average molecular weight is 314 g/mol. The standard InChI is InChI=1S/C18H16ClNO2/c1-18(2)20-15(11-16(21)12-6-4-3-5-7-12)14-10-13(19)8-9-17(14)22-18/h3-10H,11H2,1-2H3. The molecule has 2 aromatic carbocycles. The summed E-state index contributed by atoms with van der Waals surface area (Å²) in [6.45, 7) is 3.75. The summed E-state index contributed by atoms with van der Waals surface area (Å²) in [5.41, 5.74) is 1.49. The zero-order valence-electron chi connectivity index (χ0n) is 12.5. The van der Waals surface area contributed by atoms with Gasteiger partial charge in [-0.1, -0.05) is 41.9 Å². The molecule has 0 spiro atoms. The number of ketones is 1. The Morgan fingerprint density at radius 3 is 2.64 bits per heavy atom. The van der Waals surface area contributed by atoms with Crippen molar-refractivity contribution >= 4 is 23.1 Å². The summed E-state index contributed by atoms with van der Waals surface area (Å²) in [6, 6.07) is 14.6. The van der Waals surface area contributed by atoms with Gasteiger partial charge in [0.15, 0.2) is 11.5 Å². The van der Waals surface area contributed by atoms with E-state index in [1.54, 1.807) is 12.1 Å². The van der Waals surface area contributed by atoms with Gasteiger partial charge in [0, 0.05) is 16.1 Å². The number of carbonyl (C=O) groups is 1. The number of halogens is 1. The second-order valence-corrected chi connectivity index (χ2v) is 6.15. The Morgan fingerprint density at radius 2 is 1.91 bits per heavy atom. The zero-order chi connectivity index (χ0) is 15.7. The molecule has 0 radical (unpaired) electrons. The molecule has 2 aromatic rings. The van der Waals surface area contributed by atoms with E-state index in [0.717, 1.165) is 5.56 Å². The Bertz CT molecular complexity index is 751. The molecule has 0 saturated heterocycles. The predicted molar refractivity (Wildman–Crippen MR) is 88.1 cm³/mol. The molecule has 0 atom stereocenters. The van der Waals surface area contributed by atoms with Crippen LogP contribution in [0.15, 0.2) is 53.5 Å². The Hall–Kier alpha value is -2.13. The van der Waals surface area contributed by atoms with E-state index in [9.17, 15) is 4.79 Å². The van der Waals surface area contributed by atoms with E-state index in [2.05, 4.69) is 4.99 Å². The van der Waals surface area contributed by atoms with Crippen molar-refractivity contribution in [2.75, 3.05) is 0 Å². The Labute approximate surface area is 134 Å². The van der Waals surface area contributed by atoms with Crippen LogP contribution in [0.4, 0.5) is 0 Å². The fraction of sp³-hybridized carbons (Fsp3) is 0.222. The van der Waals surface area contributed by atoms with E-state index in [-0.39, 0.29) is 12.2 Å². The number of rotatable bonds is 3. The molecule has 3 rings (SSSR count). The number of aliphatic imine (C=N–C) groups is 1. The molecule has 22 heavy (non-hydrogen) atoms. The minimum atomic E-state index is -0.687. The first-order valence-electron chi connectivity index (χ1n) is 7.10. The van der Waals surface area contributed by atoms with Crippen LogP contribution in [0.1, 0.15) is 36.2 Å². The van der Waals surface area contributed by atoms with Crippen LogP contribution in [0, 0.1) is 0 Å². The summed E-state index contributed by atoms with van der Waals surface area (Å²) in [5, 5.41) is 0.599. The first-order chi connectivity index (χ1) is 10.4. The molecule has 0 N–H and O–H groups in total. The van der Waals surface area contributed by atoms with Crippen LogP contribution in [-0.4, -0.2) is 17.2 Å². The van der Waals surface area contributed by atoms with Gasteiger partial charge >= 0.3 is 0 Å². The van der Waals surface area contributed by atoms with Crippen molar-refractivity contribution in [1.82, 2.24) is 0 Å². The van der Waals surface area contributed by atoms with E-state index in [4.69, 9.17) is 16.3 Å². The van der Waals surface area contributed by atoms with E-state index in [0.29, 0.717) is 22.0 Å². The van der Waals surface area contributed by atoms with Crippen LogP contribution in [0.5, 0.6) is 5.75 Å². The minimum absolute atomic E-state index is 0.0305. The molecular weight excluding hydrogens is 298 g/mol. The molecule has 0 saturated carbocycles. The maximum atomic E-state index is 12.5. The lowest BCUT2D eigenvalue weighted by atomic mass is 9.98. The number of fused-ring (bicyclic) bond motifs is 1. The van der Waals surface area contributed by atoms with Gasteiger partial charge in [0.05, 0.1) is 12.1 Å². The van der Waals surface area contributed by atoms with Crippen molar-refractivity contribution in [3.05, 3.63) is 64.7 Å². The van der Waals surface area contributed by atoms with Crippen molar-refractivity contribution < 1.29 is 9.53 Å². The van der Waals surface area contributed by atoms with Gasteiger partial charge in [-0.3, -0.25) is 4.79 Å². The molecule has 0 fully saturated rings. The third-order valence-electron chi connectivity index (χ3n) is 3.44. The van der Waals surface area contributed by atoms with Crippen LogP contribution in [0.3, 0.4) is 0 Å². The van der Waals surface area contributed by atoms with Gasteiger partial charge in [-0.15, -0.1) is 0 Å². The molecule has 0 aliphatic carbocycles. The number of carbonyl (C=O) groups excluding carboxylic acids is 1. The maximum Gasteiger partial charge on any atom is 0.194 e. The fourth-order valence-corrected chi connectivity index (χ4v) is 2.68. The highest BCUT2D eigenvalue weighted by Gasteiger charge is 2.29. The number of Topliss-reactive ketones (excluding diaryl/α,β-unsaturated/α-hetero) is 1. The Kier molecular flexibility index (Phi) is 3.75. The average Bonchev–Trinajstić information content (AvgIpc) is 2.48. The molecule has 4 heteroatoms. The van der Waals surface area contributed by atoms with Gasteiger partial charge in [-0.2, -0.15) is 0 Å². The van der Waals surface area contributed by atoms with E-state index >= 15 is 0 Å². The Morgan fingerprint density at radius 1 is 1.18 bits per heavy atom. The van der Waals surface area contributed by atoms with Crippen molar-refractivity contribution in [3.63, 3.8) is 0 Å². The van der Waals surface area contributed by atoms with Gasteiger partial charge in [0.1, 0.15) is 5.75 Å². The summed E-state index contributed by atoms with van der Waals surface area (Å²) in [5.74, 6) is 0.739. The molecule has 1 aliphatic rings. The van der Waals surface area contributed by atoms with E-state index < -0.39 is 5.72 Å².